The predicted molar refractivity (Wildman–Crippen MR) is 117 cm³/mol. The number of anilines is 2. The lowest BCUT2D eigenvalue weighted by Gasteiger charge is -2.39. The zero-order valence-corrected chi connectivity index (χ0v) is 17.6. The Bertz CT molecular complexity index is 1260. The second-order valence-corrected chi connectivity index (χ2v) is 9.69. The second-order valence-electron chi connectivity index (χ2n) is 7.78. The third kappa shape index (κ3) is 3.39. The number of fused-ring (bicyclic) bond motifs is 2. The van der Waals surface area contributed by atoms with Gasteiger partial charge in [-0.1, -0.05) is 18.2 Å². The van der Waals surface area contributed by atoms with Crippen molar-refractivity contribution in [3.05, 3.63) is 60.3 Å². The Balaban J connectivity index is 1.39. The molecule has 0 aliphatic carbocycles. The molecule has 3 aromatic rings. The van der Waals surface area contributed by atoms with Crippen LogP contribution in [0, 0.1) is 0 Å². The predicted octanol–water partition coefficient (Wildman–Crippen LogP) is 3.13. The Kier molecular flexibility index (Phi) is 4.79. The first kappa shape index (κ1) is 19.8. The van der Waals surface area contributed by atoms with Gasteiger partial charge in [0.1, 0.15) is 11.5 Å². The molecule has 1 saturated heterocycles. The number of carbonyl (C=O) groups is 1. The first-order chi connectivity index (χ1) is 14.9. The van der Waals surface area contributed by atoms with E-state index in [2.05, 4.69) is 4.98 Å². The third-order valence-corrected chi connectivity index (χ3v) is 7.84. The van der Waals surface area contributed by atoms with E-state index in [0.717, 1.165) is 16.6 Å². The van der Waals surface area contributed by atoms with Crippen molar-refractivity contribution < 1.29 is 17.9 Å². The molecule has 2 aromatic carbocycles. The number of pyridine rings is 1. The second kappa shape index (κ2) is 7.51. The van der Waals surface area contributed by atoms with Crippen LogP contribution in [0.2, 0.25) is 0 Å². The Hall–Kier alpha value is -3.17. The number of carbonyl (C=O) groups excluding carboxylic acids is 1. The highest BCUT2D eigenvalue weighted by Crippen LogP contribution is 2.34. The van der Waals surface area contributed by atoms with E-state index >= 15 is 0 Å². The number of hydrogen-bond acceptors (Lipinski definition) is 6. The molecule has 1 amide bonds. The highest BCUT2D eigenvalue weighted by Gasteiger charge is 2.37. The monoisotopic (exact) mass is 438 g/mol. The fourth-order valence-electron chi connectivity index (χ4n) is 4.37. The van der Waals surface area contributed by atoms with Crippen LogP contribution in [-0.2, 0) is 21.4 Å². The molecule has 160 valence electrons. The standard InChI is InChI=1S/C22H22N4O4S/c23-17-6-7-19-16(13-17)14-30-22(27)26(19)18-8-11-25(12-9-18)31(28,29)20-5-1-3-15-4-2-10-24-21(15)20/h1-7,10,13,18H,8-9,11-12,14,23H2. The Morgan fingerprint density at radius 2 is 1.84 bits per heavy atom. The van der Waals surface area contributed by atoms with Crippen molar-refractivity contribution in [1.29, 1.82) is 0 Å². The fraction of sp³-hybridized carbons (Fsp3) is 0.273. The lowest BCUT2D eigenvalue weighted by atomic mass is 10.0. The van der Waals surface area contributed by atoms with Crippen LogP contribution in [0.1, 0.15) is 18.4 Å². The molecule has 8 nitrogen and oxygen atoms in total. The van der Waals surface area contributed by atoms with Crippen molar-refractivity contribution in [2.24, 2.45) is 0 Å². The van der Waals surface area contributed by atoms with Gasteiger partial charge in [0.25, 0.3) is 0 Å². The van der Waals surface area contributed by atoms with Crippen LogP contribution in [0.4, 0.5) is 16.2 Å². The summed E-state index contributed by atoms with van der Waals surface area (Å²) in [6, 6.07) is 14.1. The van der Waals surface area contributed by atoms with E-state index in [1.807, 2.05) is 24.3 Å². The van der Waals surface area contributed by atoms with Crippen LogP contribution >= 0.6 is 0 Å². The van der Waals surface area contributed by atoms with Crippen LogP contribution in [0.3, 0.4) is 0 Å². The molecule has 5 rings (SSSR count). The van der Waals surface area contributed by atoms with Gasteiger partial charge in [0.15, 0.2) is 0 Å². The average molecular weight is 439 g/mol. The SMILES string of the molecule is Nc1ccc2c(c1)COC(=O)N2C1CCN(S(=O)(=O)c2cccc3cccnc23)CC1. The van der Waals surface area contributed by atoms with Crippen LogP contribution in [0.5, 0.6) is 0 Å². The molecular formula is C22H22N4O4S. The summed E-state index contributed by atoms with van der Waals surface area (Å²) >= 11 is 0. The molecule has 2 N–H and O–H groups in total. The van der Waals surface area contributed by atoms with E-state index < -0.39 is 16.1 Å². The normalized spacial score (nSPS) is 18.1. The molecule has 0 saturated carbocycles. The van der Waals surface area contributed by atoms with Crippen molar-refractivity contribution in [1.82, 2.24) is 9.29 Å². The van der Waals surface area contributed by atoms with Crippen molar-refractivity contribution in [2.45, 2.75) is 30.4 Å². The molecule has 2 aliphatic heterocycles. The number of nitrogens with zero attached hydrogens (tertiary/aromatic N) is 3. The summed E-state index contributed by atoms with van der Waals surface area (Å²) < 4.78 is 33.5. The number of sulfonamides is 1. The number of piperidine rings is 1. The summed E-state index contributed by atoms with van der Waals surface area (Å²) in [5.74, 6) is 0. The number of ether oxygens (including phenoxy) is 1. The third-order valence-electron chi connectivity index (χ3n) is 5.91. The zero-order valence-electron chi connectivity index (χ0n) is 16.8. The van der Waals surface area contributed by atoms with E-state index in [9.17, 15) is 13.2 Å². The van der Waals surface area contributed by atoms with E-state index in [1.54, 1.807) is 35.4 Å². The molecule has 9 heteroatoms. The van der Waals surface area contributed by atoms with Gasteiger partial charge in [0.2, 0.25) is 10.0 Å². The van der Waals surface area contributed by atoms with E-state index in [1.165, 1.54) is 4.31 Å². The van der Waals surface area contributed by atoms with Gasteiger partial charge in [0.05, 0.1) is 11.2 Å². The van der Waals surface area contributed by atoms with Gasteiger partial charge in [-0.3, -0.25) is 9.88 Å². The molecule has 0 atom stereocenters. The van der Waals surface area contributed by atoms with Gasteiger partial charge < -0.3 is 10.5 Å². The lowest BCUT2D eigenvalue weighted by molar-refractivity contribution is 0.136. The Labute approximate surface area is 180 Å². The molecule has 0 radical (unpaired) electrons. The number of rotatable bonds is 3. The number of hydrogen-bond donors (Lipinski definition) is 1. The number of aromatic nitrogens is 1. The topological polar surface area (TPSA) is 106 Å². The number of nitrogens with two attached hydrogens (primary N) is 1. The van der Waals surface area contributed by atoms with Crippen LogP contribution in [0.25, 0.3) is 10.9 Å². The van der Waals surface area contributed by atoms with Gasteiger partial charge in [-0.2, -0.15) is 4.31 Å². The molecule has 0 spiro atoms. The minimum Gasteiger partial charge on any atom is -0.444 e. The lowest BCUT2D eigenvalue weighted by Crippen LogP contribution is -2.50. The summed E-state index contributed by atoms with van der Waals surface area (Å²) in [5.41, 5.74) is 8.59. The summed E-state index contributed by atoms with van der Waals surface area (Å²) in [6.07, 6.45) is 2.21. The molecule has 3 heterocycles. The van der Waals surface area contributed by atoms with Gasteiger partial charge >= 0.3 is 6.09 Å². The minimum absolute atomic E-state index is 0.146. The number of nitrogen functional groups attached to an aromatic ring is 1. The van der Waals surface area contributed by atoms with Crippen molar-refractivity contribution in [2.75, 3.05) is 23.7 Å². The summed E-state index contributed by atoms with van der Waals surface area (Å²) in [5, 5.41) is 0.783. The fourth-order valence-corrected chi connectivity index (χ4v) is 6.01. The van der Waals surface area contributed by atoms with Crippen molar-refractivity contribution >= 4 is 38.4 Å². The number of cyclic esters (lactones) is 1. The molecule has 31 heavy (non-hydrogen) atoms. The Morgan fingerprint density at radius 1 is 1.06 bits per heavy atom. The molecule has 0 bridgehead atoms. The average Bonchev–Trinajstić information content (AvgIpc) is 2.79. The molecule has 1 fully saturated rings. The zero-order chi connectivity index (χ0) is 21.6. The first-order valence-corrected chi connectivity index (χ1v) is 11.6. The van der Waals surface area contributed by atoms with E-state index in [-0.39, 0.29) is 17.5 Å². The quantitative estimate of drug-likeness (QED) is 0.630. The van der Waals surface area contributed by atoms with E-state index in [0.29, 0.717) is 37.1 Å². The van der Waals surface area contributed by atoms with Gasteiger partial charge in [0, 0.05) is 42.0 Å². The smallest absolute Gasteiger partial charge is 0.414 e. The maximum atomic E-state index is 13.4. The minimum atomic E-state index is -3.70. The molecule has 0 unspecified atom stereocenters. The maximum absolute atomic E-state index is 13.4. The van der Waals surface area contributed by atoms with Crippen LogP contribution < -0.4 is 10.6 Å². The number of benzene rings is 2. The summed E-state index contributed by atoms with van der Waals surface area (Å²) in [6.45, 7) is 0.811. The maximum Gasteiger partial charge on any atom is 0.414 e. The van der Waals surface area contributed by atoms with Gasteiger partial charge in [-0.15, -0.1) is 0 Å². The first-order valence-electron chi connectivity index (χ1n) is 10.1. The highest BCUT2D eigenvalue weighted by atomic mass is 32.2. The van der Waals surface area contributed by atoms with Gasteiger partial charge in [-0.05, 0) is 43.2 Å². The van der Waals surface area contributed by atoms with E-state index in [4.69, 9.17) is 10.5 Å². The summed E-state index contributed by atoms with van der Waals surface area (Å²) in [7, 11) is -3.70. The highest BCUT2D eigenvalue weighted by molar-refractivity contribution is 7.89. The summed E-state index contributed by atoms with van der Waals surface area (Å²) in [4.78, 5) is 18.7. The largest absolute Gasteiger partial charge is 0.444 e. The van der Waals surface area contributed by atoms with Crippen molar-refractivity contribution in [3.63, 3.8) is 0 Å². The number of para-hydroxylation sites is 1. The van der Waals surface area contributed by atoms with Crippen LogP contribution in [-0.4, -0.2) is 42.9 Å². The Morgan fingerprint density at radius 3 is 2.65 bits per heavy atom. The molecule has 1 aromatic heterocycles. The number of amides is 1. The van der Waals surface area contributed by atoms with Crippen molar-refractivity contribution in [3.8, 4) is 0 Å². The molecular weight excluding hydrogens is 416 g/mol. The molecule has 2 aliphatic rings. The van der Waals surface area contributed by atoms with Gasteiger partial charge in [-0.25, -0.2) is 13.2 Å². The van der Waals surface area contributed by atoms with Crippen LogP contribution in [0.15, 0.2) is 59.6 Å².